The molecule has 3 rings (SSSR count). The number of rotatable bonds is 7. The summed E-state index contributed by atoms with van der Waals surface area (Å²) >= 11 is 6.09. The first-order valence-electron chi connectivity index (χ1n) is 8.09. The molecule has 0 aliphatic heterocycles. The van der Waals surface area contributed by atoms with Crippen LogP contribution in [0.25, 0.3) is 11.0 Å². The molecule has 1 aromatic heterocycles. The lowest BCUT2D eigenvalue weighted by Crippen LogP contribution is -2.11. The van der Waals surface area contributed by atoms with Crippen molar-refractivity contribution in [1.82, 2.24) is 9.55 Å². The maximum absolute atomic E-state index is 6.09. The molecule has 126 valence electrons. The van der Waals surface area contributed by atoms with Gasteiger partial charge in [0.2, 0.25) is 0 Å². The van der Waals surface area contributed by atoms with E-state index in [1.165, 1.54) is 5.56 Å². The highest BCUT2D eigenvalue weighted by Gasteiger charge is 2.12. The van der Waals surface area contributed by atoms with Gasteiger partial charge in [0.1, 0.15) is 18.2 Å². The quantitative estimate of drug-likeness (QED) is 0.587. The van der Waals surface area contributed by atoms with Crippen molar-refractivity contribution in [2.24, 2.45) is 0 Å². The Morgan fingerprint density at radius 1 is 1.17 bits per heavy atom. The maximum atomic E-state index is 6.09. The molecule has 1 heterocycles. The molecule has 0 saturated heterocycles. The van der Waals surface area contributed by atoms with E-state index in [1.807, 2.05) is 56.3 Å². The summed E-state index contributed by atoms with van der Waals surface area (Å²) in [6.45, 7) is 6.52. The molecule has 0 unspecified atom stereocenters. The fourth-order valence-corrected chi connectivity index (χ4v) is 2.83. The van der Waals surface area contributed by atoms with Crippen molar-refractivity contribution in [3.05, 3.63) is 58.9 Å². The van der Waals surface area contributed by atoms with Gasteiger partial charge in [-0.25, -0.2) is 4.98 Å². The molecule has 0 spiro atoms. The Bertz CT molecular complexity index is 829. The molecule has 5 heteroatoms. The number of aryl methyl sites for hydroxylation is 1. The fraction of sp³-hybridized carbons (Fsp3) is 0.316. The van der Waals surface area contributed by atoms with E-state index in [9.17, 15) is 0 Å². The van der Waals surface area contributed by atoms with Crippen LogP contribution in [-0.2, 0) is 17.9 Å². The van der Waals surface area contributed by atoms with Gasteiger partial charge in [0.05, 0.1) is 17.6 Å². The number of aromatic nitrogens is 2. The third-order valence-corrected chi connectivity index (χ3v) is 4.05. The smallest absolute Gasteiger partial charge is 0.148 e. The third-order valence-electron chi connectivity index (χ3n) is 3.81. The van der Waals surface area contributed by atoms with Crippen LogP contribution >= 0.6 is 11.6 Å². The first-order valence-corrected chi connectivity index (χ1v) is 8.47. The largest absolute Gasteiger partial charge is 0.486 e. The van der Waals surface area contributed by atoms with Gasteiger partial charge < -0.3 is 14.0 Å². The molecule has 0 atom stereocenters. The lowest BCUT2D eigenvalue weighted by Gasteiger charge is -2.11. The highest BCUT2D eigenvalue weighted by atomic mass is 35.5. The zero-order chi connectivity index (χ0) is 16.9. The van der Waals surface area contributed by atoms with Gasteiger partial charge in [-0.2, -0.15) is 0 Å². The van der Waals surface area contributed by atoms with Gasteiger partial charge in [-0.1, -0.05) is 23.7 Å². The van der Waals surface area contributed by atoms with Gasteiger partial charge in [-0.15, -0.1) is 0 Å². The second-order valence-corrected chi connectivity index (χ2v) is 6.05. The van der Waals surface area contributed by atoms with Crippen LogP contribution in [0.1, 0.15) is 18.3 Å². The van der Waals surface area contributed by atoms with Crippen molar-refractivity contribution in [3.8, 4) is 5.75 Å². The molecule has 0 aliphatic carbocycles. The van der Waals surface area contributed by atoms with E-state index in [0.29, 0.717) is 24.8 Å². The van der Waals surface area contributed by atoms with Gasteiger partial charge in [0.15, 0.2) is 0 Å². The van der Waals surface area contributed by atoms with E-state index in [4.69, 9.17) is 21.1 Å². The van der Waals surface area contributed by atoms with Crippen molar-refractivity contribution in [3.63, 3.8) is 0 Å². The summed E-state index contributed by atoms with van der Waals surface area (Å²) in [4.78, 5) is 4.69. The summed E-state index contributed by atoms with van der Waals surface area (Å²) in [5.74, 6) is 1.71. The Morgan fingerprint density at radius 3 is 2.83 bits per heavy atom. The minimum atomic E-state index is 0.405. The maximum Gasteiger partial charge on any atom is 0.148 e. The Morgan fingerprint density at radius 2 is 2.04 bits per heavy atom. The normalized spacial score (nSPS) is 11.1. The van der Waals surface area contributed by atoms with Gasteiger partial charge in [0.25, 0.3) is 0 Å². The van der Waals surface area contributed by atoms with Crippen LogP contribution in [-0.4, -0.2) is 22.8 Å². The van der Waals surface area contributed by atoms with Gasteiger partial charge in [-0.05, 0) is 49.7 Å². The van der Waals surface area contributed by atoms with Crippen LogP contribution in [0.3, 0.4) is 0 Å². The molecule has 0 bridgehead atoms. The predicted molar refractivity (Wildman–Crippen MR) is 96.7 cm³/mol. The van der Waals surface area contributed by atoms with E-state index in [1.54, 1.807) is 0 Å². The number of ether oxygens (including phenoxy) is 2. The third kappa shape index (κ3) is 3.89. The van der Waals surface area contributed by atoms with Crippen molar-refractivity contribution >= 4 is 22.6 Å². The predicted octanol–water partition coefficient (Wildman–Crippen LogP) is 4.61. The van der Waals surface area contributed by atoms with Gasteiger partial charge in [-0.3, -0.25) is 0 Å². The number of halogens is 1. The monoisotopic (exact) mass is 344 g/mol. The molecule has 0 radical (unpaired) electrons. The minimum absolute atomic E-state index is 0.405. The van der Waals surface area contributed by atoms with E-state index < -0.39 is 0 Å². The molecular weight excluding hydrogens is 324 g/mol. The van der Waals surface area contributed by atoms with Crippen LogP contribution in [0.4, 0.5) is 0 Å². The highest BCUT2D eigenvalue weighted by molar-refractivity contribution is 6.31. The van der Waals surface area contributed by atoms with Gasteiger partial charge >= 0.3 is 0 Å². The molecule has 0 amide bonds. The Kier molecular flexibility index (Phi) is 5.38. The summed E-state index contributed by atoms with van der Waals surface area (Å²) in [5, 5.41) is 0.683. The molecule has 0 aliphatic rings. The van der Waals surface area contributed by atoms with E-state index in [0.717, 1.165) is 29.2 Å². The van der Waals surface area contributed by atoms with Crippen LogP contribution < -0.4 is 4.74 Å². The average Bonchev–Trinajstić information content (AvgIpc) is 2.90. The first kappa shape index (κ1) is 16.8. The van der Waals surface area contributed by atoms with Crippen molar-refractivity contribution < 1.29 is 9.47 Å². The summed E-state index contributed by atoms with van der Waals surface area (Å²) < 4.78 is 13.6. The van der Waals surface area contributed by atoms with E-state index in [-0.39, 0.29) is 0 Å². The minimum Gasteiger partial charge on any atom is -0.486 e. The molecule has 0 fully saturated rings. The fourth-order valence-electron chi connectivity index (χ4n) is 2.67. The van der Waals surface area contributed by atoms with Crippen LogP contribution in [0.5, 0.6) is 5.75 Å². The molecule has 2 aromatic carbocycles. The summed E-state index contributed by atoms with van der Waals surface area (Å²) in [5.41, 5.74) is 3.09. The van der Waals surface area contributed by atoms with Crippen LogP contribution in [0.2, 0.25) is 5.02 Å². The lowest BCUT2D eigenvalue weighted by molar-refractivity contribution is 0.138. The number of hydrogen-bond donors (Lipinski definition) is 0. The summed E-state index contributed by atoms with van der Waals surface area (Å²) in [6.07, 6.45) is 0. The standard InChI is InChI=1S/C19H21ClN2O2/c1-3-23-10-9-22-18-8-7-15(20)12-17(18)21-19(22)13-24-16-6-4-5-14(2)11-16/h4-8,11-12H,3,9-10,13H2,1-2H3. The van der Waals surface area contributed by atoms with Crippen molar-refractivity contribution in [2.45, 2.75) is 27.0 Å². The zero-order valence-corrected chi connectivity index (χ0v) is 14.7. The molecular formula is C19H21ClN2O2. The summed E-state index contributed by atoms with van der Waals surface area (Å²) in [6, 6.07) is 13.8. The van der Waals surface area contributed by atoms with Gasteiger partial charge in [0, 0.05) is 18.2 Å². The van der Waals surface area contributed by atoms with Crippen LogP contribution in [0, 0.1) is 6.92 Å². The topological polar surface area (TPSA) is 36.3 Å². The van der Waals surface area contributed by atoms with E-state index >= 15 is 0 Å². The zero-order valence-electron chi connectivity index (χ0n) is 14.0. The Hall–Kier alpha value is -2.04. The molecule has 3 aromatic rings. The Balaban J connectivity index is 1.85. The highest BCUT2D eigenvalue weighted by Crippen LogP contribution is 2.22. The SMILES string of the molecule is CCOCCn1c(COc2cccc(C)c2)nc2cc(Cl)ccc21. The van der Waals surface area contributed by atoms with Crippen molar-refractivity contribution in [1.29, 1.82) is 0 Å². The number of nitrogens with zero attached hydrogens (tertiary/aromatic N) is 2. The average molecular weight is 345 g/mol. The molecule has 0 N–H and O–H groups in total. The van der Waals surface area contributed by atoms with Crippen LogP contribution in [0.15, 0.2) is 42.5 Å². The molecule has 4 nitrogen and oxygen atoms in total. The molecule has 24 heavy (non-hydrogen) atoms. The number of benzene rings is 2. The number of hydrogen-bond acceptors (Lipinski definition) is 3. The summed E-state index contributed by atoms with van der Waals surface area (Å²) in [7, 11) is 0. The first-order chi connectivity index (χ1) is 11.7. The number of fused-ring (bicyclic) bond motifs is 1. The lowest BCUT2D eigenvalue weighted by atomic mass is 10.2. The Labute approximate surface area is 147 Å². The molecule has 0 saturated carbocycles. The van der Waals surface area contributed by atoms with E-state index in [2.05, 4.69) is 9.55 Å². The van der Waals surface area contributed by atoms with Crippen molar-refractivity contribution in [2.75, 3.05) is 13.2 Å². The second kappa shape index (κ2) is 7.69. The number of imidazole rings is 1. The second-order valence-electron chi connectivity index (χ2n) is 5.61.